The predicted octanol–water partition coefficient (Wildman–Crippen LogP) is 1.61. The second-order valence-corrected chi connectivity index (χ2v) is 4.69. The summed E-state index contributed by atoms with van der Waals surface area (Å²) < 4.78 is 0. The van der Waals surface area contributed by atoms with Crippen LogP contribution in [0.4, 0.5) is 0 Å². The third-order valence-electron chi connectivity index (χ3n) is 3.58. The molecule has 1 saturated heterocycles. The van der Waals surface area contributed by atoms with E-state index in [1.807, 2.05) is 6.20 Å². The molecule has 4 nitrogen and oxygen atoms in total. The minimum absolute atomic E-state index is 0.344. The molecular formula is C13H22N4. The first-order valence-electron chi connectivity index (χ1n) is 6.54. The highest BCUT2D eigenvalue weighted by Crippen LogP contribution is 2.18. The van der Waals surface area contributed by atoms with Crippen molar-refractivity contribution >= 4 is 0 Å². The lowest BCUT2D eigenvalue weighted by molar-refractivity contribution is 0.199. The molecule has 0 amide bonds. The van der Waals surface area contributed by atoms with Gasteiger partial charge in [0.1, 0.15) is 0 Å². The summed E-state index contributed by atoms with van der Waals surface area (Å²) in [4.78, 5) is 11.0. The van der Waals surface area contributed by atoms with E-state index in [2.05, 4.69) is 34.0 Å². The molecule has 2 unspecified atom stereocenters. The lowest BCUT2D eigenvalue weighted by Crippen LogP contribution is -2.39. The second kappa shape index (κ2) is 6.07. The van der Waals surface area contributed by atoms with Crippen molar-refractivity contribution in [3.8, 4) is 0 Å². The predicted molar refractivity (Wildman–Crippen MR) is 68.7 cm³/mol. The molecule has 2 rings (SSSR count). The highest BCUT2D eigenvalue weighted by Gasteiger charge is 2.21. The van der Waals surface area contributed by atoms with E-state index in [0.717, 1.165) is 18.8 Å². The molecule has 1 aliphatic rings. The Morgan fingerprint density at radius 1 is 1.53 bits per heavy atom. The van der Waals surface area contributed by atoms with E-state index < -0.39 is 0 Å². The topological polar surface area (TPSA) is 41.0 Å². The summed E-state index contributed by atoms with van der Waals surface area (Å²) >= 11 is 0. The molecule has 1 aliphatic heterocycles. The van der Waals surface area contributed by atoms with Gasteiger partial charge < -0.3 is 5.32 Å². The van der Waals surface area contributed by atoms with Crippen molar-refractivity contribution in [1.29, 1.82) is 0 Å². The summed E-state index contributed by atoms with van der Waals surface area (Å²) in [6.45, 7) is 7.75. The van der Waals surface area contributed by atoms with Crippen molar-refractivity contribution in [1.82, 2.24) is 20.2 Å². The first-order valence-corrected chi connectivity index (χ1v) is 6.54. The standard InChI is InChI=1S/C13H22N4/c1-3-17(10-12-5-4-6-15-12)11(2)13-9-14-7-8-16-13/h7-9,11-12,15H,3-6,10H2,1-2H3. The second-order valence-electron chi connectivity index (χ2n) is 4.69. The van der Waals surface area contributed by atoms with Crippen LogP contribution in [0.5, 0.6) is 0 Å². The molecule has 17 heavy (non-hydrogen) atoms. The van der Waals surface area contributed by atoms with Gasteiger partial charge >= 0.3 is 0 Å². The van der Waals surface area contributed by atoms with E-state index in [0.29, 0.717) is 12.1 Å². The highest BCUT2D eigenvalue weighted by atomic mass is 15.2. The fourth-order valence-corrected chi connectivity index (χ4v) is 2.47. The van der Waals surface area contributed by atoms with Gasteiger partial charge in [0, 0.05) is 31.2 Å². The fourth-order valence-electron chi connectivity index (χ4n) is 2.47. The Kier molecular flexibility index (Phi) is 4.45. The van der Waals surface area contributed by atoms with Crippen LogP contribution in [0.1, 0.15) is 38.4 Å². The summed E-state index contributed by atoms with van der Waals surface area (Å²) in [7, 11) is 0. The first kappa shape index (κ1) is 12.5. The van der Waals surface area contributed by atoms with Gasteiger partial charge in [-0.2, -0.15) is 0 Å². The van der Waals surface area contributed by atoms with Crippen LogP contribution < -0.4 is 5.32 Å². The fraction of sp³-hybridized carbons (Fsp3) is 0.692. The average Bonchev–Trinajstić information content (AvgIpc) is 2.89. The van der Waals surface area contributed by atoms with Gasteiger partial charge in [0.05, 0.1) is 11.7 Å². The monoisotopic (exact) mass is 234 g/mol. The number of nitrogens with one attached hydrogen (secondary N) is 1. The SMILES string of the molecule is CCN(CC1CCCN1)C(C)c1cnccn1. The van der Waals surface area contributed by atoms with Gasteiger partial charge in [-0.3, -0.25) is 14.9 Å². The van der Waals surface area contributed by atoms with E-state index in [-0.39, 0.29) is 0 Å². The van der Waals surface area contributed by atoms with Gasteiger partial charge in [0.25, 0.3) is 0 Å². The quantitative estimate of drug-likeness (QED) is 0.840. The summed E-state index contributed by atoms with van der Waals surface area (Å²) in [6, 6.07) is 0.991. The number of hydrogen-bond donors (Lipinski definition) is 1. The normalized spacial score (nSPS) is 21.9. The highest BCUT2D eigenvalue weighted by molar-refractivity contribution is 5.01. The van der Waals surface area contributed by atoms with E-state index in [1.54, 1.807) is 12.4 Å². The maximum absolute atomic E-state index is 4.40. The van der Waals surface area contributed by atoms with Crippen LogP contribution in [0.15, 0.2) is 18.6 Å². The minimum atomic E-state index is 0.344. The zero-order chi connectivity index (χ0) is 12.1. The smallest absolute Gasteiger partial charge is 0.0755 e. The Hall–Kier alpha value is -1.00. The van der Waals surface area contributed by atoms with Gasteiger partial charge in [0.2, 0.25) is 0 Å². The molecule has 2 heterocycles. The van der Waals surface area contributed by atoms with Crippen LogP contribution in [0.2, 0.25) is 0 Å². The van der Waals surface area contributed by atoms with E-state index in [1.165, 1.54) is 19.4 Å². The zero-order valence-corrected chi connectivity index (χ0v) is 10.8. The van der Waals surface area contributed by atoms with Crippen LogP contribution in [0.25, 0.3) is 0 Å². The number of rotatable bonds is 5. The molecule has 0 radical (unpaired) electrons. The third-order valence-corrected chi connectivity index (χ3v) is 3.58. The van der Waals surface area contributed by atoms with Gasteiger partial charge in [-0.15, -0.1) is 0 Å². The maximum atomic E-state index is 4.40. The molecule has 94 valence electrons. The van der Waals surface area contributed by atoms with Gasteiger partial charge in [0.15, 0.2) is 0 Å². The number of likely N-dealkylation sites (N-methyl/N-ethyl adjacent to an activating group) is 1. The van der Waals surface area contributed by atoms with Crippen molar-refractivity contribution in [2.75, 3.05) is 19.6 Å². The molecular weight excluding hydrogens is 212 g/mol. The Balaban J connectivity index is 1.97. The molecule has 2 atom stereocenters. The average molecular weight is 234 g/mol. The van der Waals surface area contributed by atoms with E-state index >= 15 is 0 Å². The Morgan fingerprint density at radius 3 is 3.00 bits per heavy atom. The van der Waals surface area contributed by atoms with Crippen LogP contribution >= 0.6 is 0 Å². The van der Waals surface area contributed by atoms with Crippen LogP contribution in [0.3, 0.4) is 0 Å². The molecule has 4 heteroatoms. The molecule has 1 aromatic heterocycles. The number of aromatic nitrogens is 2. The van der Waals surface area contributed by atoms with Gasteiger partial charge in [-0.1, -0.05) is 6.92 Å². The largest absolute Gasteiger partial charge is 0.313 e. The van der Waals surface area contributed by atoms with Crippen LogP contribution in [-0.2, 0) is 0 Å². The molecule has 0 aromatic carbocycles. The van der Waals surface area contributed by atoms with Crippen molar-refractivity contribution in [2.45, 2.75) is 38.8 Å². The Morgan fingerprint density at radius 2 is 2.41 bits per heavy atom. The Bertz CT molecular complexity index is 321. The van der Waals surface area contributed by atoms with Gasteiger partial charge in [-0.05, 0) is 32.9 Å². The number of hydrogen-bond acceptors (Lipinski definition) is 4. The summed E-state index contributed by atoms with van der Waals surface area (Å²) in [5.74, 6) is 0. The number of nitrogens with zero attached hydrogens (tertiary/aromatic N) is 3. The van der Waals surface area contributed by atoms with Crippen molar-refractivity contribution in [3.05, 3.63) is 24.3 Å². The summed E-state index contributed by atoms with van der Waals surface area (Å²) in [5.41, 5.74) is 1.06. The van der Waals surface area contributed by atoms with Crippen molar-refractivity contribution in [2.24, 2.45) is 0 Å². The van der Waals surface area contributed by atoms with Gasteiger partial charge in [-0.25, -0.2) is 0 Å². The van der Waals surface area contributed by atoms with Crippen LogP contribution in [0, 0.1) is 0 Å². The molecule has 0 bridgehead atoms. The zero-order valence-electron chi connectivity index (χ0n) is 10.8. The maximum Gasteiger partial charge on any atom is 0.0755 e. The van der Waals surface area contributed by atoms with Crippen molar-refractivity contribution < 1.29 is 0 Å². The third kappa shape index (κ3) is 3.23. The molecule has 0 aliphatic carbocycles. The molecule has 1 fully saturated rings. The molecule has 1 aromatic rings. The molecule has 0 saturated carbocycles. The Labute approximate surface area is 103 Å². The summed E-state index contributed by atoms with van der Waals surface area (Å²) in [6.07, 6.45) is 7.97. The minimum Gasteiger partial charge on any atom is -0.313 e. The lowest BCUT2D eigenvalue weighted by Gasteiger charge is -2.29. The van der Waals surface area contributed by atoms with E-state index in [4.69, 9.17) is 0 Å². The lowest BCUT2D eigenvalue weighted by atomic mass is 10.1. The van der Waals surface area contributed by atoms with Crippen LogP contribution in [-0.4, -0.2) is 40.5 Å². The molecule has 0 spiro atoms. The first-order chi connectivity index (χ1) is 8.31. The van der Waals surface area contributed by atoms with E-state index in [9.17, 15) is 0 Å². The van der Waals surface area contributed by atoms with Crippen molar-refractivity contribution in [3.63, 3.8) is 0 Å². The summed E-state index contributed by atoms with van der Waals surface area (Å²) in [5, 5.41) is 3.55. The molecule has 1 N–H and O–H groups in total.